The van der Waals surface area contributed by atoms with Crippen molar-refractivity contribution in [3.63, 3.8) is 0 Å². The van der Waals surface area contributed by atoms with Gasteiger partial charge in [0, 0.05) is 31.9 Å². The Balaban J connectivity index is 1.48. The quantitative estimate of drug-likeness (QED) is 0.830. The topological polar surface area (TPSA) is 67.9 Å². The van der Waals surface area contributed by atoms with Crippen molar-refractivity contribution in [3.8, 4) is 5.75 Å². The monoisotopic (exact) mass is 368 g/mol. The maximum Gasteiger partial charge on any atom is 0.240 e. The molecule has 0 unspecified atom stereocenters. The molecule has 2 aliphatic heterocycles. The van der Waals surface area contributed by atoms with Crippen molar-refractivity contribution in [2.75, 3.05) is 40.0 Å². The van der Waals surface area contributed by atoms with Crippen LogP contribution in [-0.2, 0) is 14.8 Å². The van der Waals surface area contributed by atoms with Crippen molar-refractivity contribution in [3.05, 3.63) is 24.3 Å². The normalized spacial score (nSPS) is 21.3. The van der Waals surface area contributed by atoms with Gasteiger partial charge in [0.25, 0.3) is 0 Å². The molecule has 7 heteroatoms. The first-order valence-corrected chi connectivity index (χ1v) is 10.5. The van der Waals surface area contributed by atoms with Gasteiger partial charge in [-0.1, -0.05) is 6.07 Å². The van der Waals surface area contributed by atoms with E-state index < -0.39 is 10.0 Å². The van der Waals surface area contributed by atoms with Crippen LogP contribution < -0.4 is 9.46 Å². The van der Waals surface area contributed by atoms with Crippen molar-refractivity contribution < 1.29 is 17.9 Å². The van der Waals surface area contributed by atoms with Crippen LogP contribution in [0.1, 0.15) is 25.7 Å². The summed E-state index contributed by atoms with van der Waals surface area (Å²) in [5.41, 5.74) is 0. The summed E-state index contributed by atoms with van der Waals surface area (Å²) in [6.45, 7) is 4.34. The summed E-state index contributed by atoms with van der Waals surface area (Å²) in [7, 11) is -1.95. The maximum absolute atomic E-state index is 12.5. The van der Waals surface area contributed by atoms with E-state index in [0.29, 0.717) is 24.3 Å². The Labute approximate surface area is 150 Å². The summed E-state index contributed by atoms with van der Waals surface area (Å²) < 4.78 is 38.2. The van der Waals surface area contributed by atoms with Crippen LogP contribution in [0, 0.1) is 5.92 Å². The second-order valence-electron chi connectivity index (χ2n) is 6.85. The third-order valence-corrected chi connectivity index (χ3v) is 6.69. The number of nitrogens with one attached hydrogen (secondary N) is 1. The molecule has 6 nitrogen and oxygen atoms in total. The van der Waals surface area contributed by atoms with Crippen LogP contribution in [0.4, 0.5) is 0 Å². The molecule has 0 bridgehead atoms. The average Bonchev–Trinajstić information content (AvgIpc) is 2.67. The third-order valence-electron chi connectivity index (χ3n) is 5.27. The van der Waals surface area contributed by atoms with Crippen molar-refractivity contribution in [2.24, 2.45) is 5.92 Å². The van der Waals surface area contributed by atoms with Gasteiger partial charge in [0.05, 0.1) is 12.0 Å². The predicted molar refractivity (Wildman–Crippen MR) is 96.3 cm³/mol. The van der Waals surface area contributed by atoms with E-state index in [-0.39, 0.29) is 4.90 Å². The molecule has 25 heavy (non-hydrogen) atoms. The van der Waals surface area contributed by atoms with Crippen LogP contribution in [0.5, 0.6) is 5.75 Å². The number of hydrogen-bond acceptors (Lipinski definition) is 5. The summed E-state index contributed by atoms with van der Waals surface area (Å²) in [5, 5.41) is 0. The predicted octanol–water partition coefficient (Wildman–Crippen LogP) is 1.86. The Bertz CT molecular complexity index is 651. The highest BCUT2D eigenvalue weighted by Gasteiger charge is 2.27. The Morgan fingerprint density at radius 2 is 1.92 bits per heavy atom. The lowest BCUT2D eigenvalue weighted by atomic mass is 9.94. The van der Waals surface area contributed by atoms with Crippen LogP contribution >= 0.6 is 0 Å². The fourth-order valence-corrected chi connectivity index (χ4v) is 4.80. The largest absolute Gasteiger partial charge is 0.497 e. The minimum atomic E-state index is -3.49. The molecule has 2 saturated heterocycles. The number of piperidine rings is 1. The Kier molecular flexibility index (Phi) is 6.33. The Morgan fingerprint density at radius 3 is 2.60 bits per heavy atom. The SMILES string of the molecule is COc1cccc(S(=O)(=O)NCC2CCN(C3CCOCC3)CC2)c1. The highest BCUT2D eigenvalue weighted by molar-refractivity contribution is 7.89. The first kappa shape index (κ1) is 18.6. The number of ether oxygens (including phenoxy) is 2. The lowest BCUT2D eigenvalue weighted by Crippen LogP contribution is -2.45. The van der Waals surface area contributed by atoms with E-state index in [0.717, 1.165) is 52.0 Å². The molecule has 0 atom stereocenters. The highest BCUT2D eigenvalue weighted by atomic mass is 32.2. The van der Waals surface area contributed by atoms with Gasteiger partial charge in [-0.3, -0.25) is 0 Å². The molecule has 1 aromatic rings. The van der Waals surface area contributed by atoms with Crippen LogP contribution in [0.15, 0.2) is 29.2 Å². The minimum absolute atomic E-state index is 0.256. The zero-order valence-electron chi connectivity index (χ0n) is 14.8. The van der Waals surface area contributed by atoms with Crippen molar-refractivity contribution in [1.82, 2.24) is 9.62 Å². The number of sulfonamides is 1. The zero-order valence-corrected chi connectivity index (χ0v) is 15.6. The van der Waals surface area contributed by atoms with E-state index in [4.69, 9.17) is 9.47 Å². The van der Waals surface area contributed by atoms with Crippen molar-refractivity contribution >= 4 is 10.0 Å². The van der Waals surface area contributed by atoms with Gasteiger partial charge in [-0.15, -0.1) is 0 Å². The second-order valence-corrected chi connectivity index (χ2v) is 8.62. The van der Waals surface area contributed by atoms with Gasteiger partial charge >= 0.3 is 0 Å². The summed E-state index contributed by atoms with van der Waals surface area (Å²) in [6, 6.07) is 7.22. The van der Waals surface area contributed by atoms with E-state index in [2.05, 4.69) is 9.62 Å². The summed E-state index contributed by atoms with van der Waals surface area (Å²) in [6.07, 6.45) is 4.32. The molecule has 3 rings (SSSR count). The first-order valence-electron chi connectivity index (χ1n) is 9.04. The smallest absolute Gasteiger partial charge is 0.240 e. The molecule has 0 amide bonds. The Hall–Kier alpha value is -1.15. The lowest BCUT2D eigenvalue weighted by Gasteiger charge is -2.39. The van der Waals surface area contributed by atoms with Crippen LogP contribution in [0.25, 0.3) is 0 Å². The van der Waals surface area contributed by atoms with Crippen molar-refractivity contribution in [1.29, 1.82) is 0 Å². The highest BCUT2D eigenvalue weighted by Crippen LogP contribution is 2.23. The molecule has 1 aromatic carbocycles. The summed E-state index contributed by atoms with van der Waals surface area (Å²) >= 11 is 0. The lowest BCUT2D eigenvalue weighted by molar-refractivity contribution is 0.0214. The molecular formula is C18H28N2O4S. The summed E-state index contributed by atoms with van der Waals surface area (Å²) in [4.78, 5) is 2.81. The molecule has 140 valence electrons. The average molecular weight is 368 g/mol. The molecule has 1 N–H and O–H groups in total. The van der Waals surface area contributed by atoms with Gasteiger partial charge < -0.3 is 14.4 Å². The van der Waals surface area contributed by atoms with Crippen LogP contribution in [0.2, 0.25) is 0 Å². The van der Waals surface area contributed by atoms with E-state index in [9.17, 15) is 8.42 Å². The van der Waals surface area contributed by atoms with Gasteiger partial charge in [-0.05, 0) is 56.8 Å². The standard InChI is InChI=1S/C18H28N2O4S/c1-23-17-3-2-4-18(13-17)25(21,22)19-14-15-5-9-20(10-6-15)16-7-11-24-12-8-16/h2-4,13,15-16,19H,5-12,14H2,1H3. The number of benzene rings is 1. The number of hydrogen-bond donors (Lipinski definition) is 1. The van der Waals surface area contributed by atoms with Gasteiger partial charge in [0.1, 0.15) is 5.75 Å². The molecular weight excluding hydrogens is 340 g/mol. The second kappa shape index (κ2) is 8.49. The van der Waals surface area contributed by atoms with E-state index in [1.165, 1.54) is 7.11 Å². The molecule has 0 saturated carbocycles. The third kappa shape index (κ3) is 4.94. The van der Waals surface area contributed by atoms with Crippen molar-refractivity contribution in [2.45, 2.75) is 36.6 Å². The van der Waals surface area contributed by atoms with Gasteiger partial charge in [0.2, 0.25) is 10.0 Å². The van der Waals surface area contributed by atoms with E-state index in [1.807, 2.05) is 0 Å². The fourth-order valence-electron chi connectivity index (χ4n) is 3.65. The number of nitrogens with zero attached hydrogens (tertiary/aromatic N) is 1. The first-order chi connectivity index (χ1) is 12.1. The van der Waals surface area contributed by atoms with Gasteiger partial charge in [-0.25, -0.2) is 13.1 Å². The van der Waals surface area contributed by atoms with E-state index in [1.54, 1.807) is 24.3 Å². The fraction of sp³-hybridized carbons (Fsp3) is 0.667. The zero-order chi connectivity index (χ0) is 17.7. The van der Waals surface area contributed by atoms with Gasteiger partial charge in [0.15, 0.2) is 0 Å². The Morgan fingerprint density at radius 1 is 1.20 bits per heavy atom. The molecule has 0 aliphatic carbocycles. The van der Waals surface area contributed by atoms with Crippen LogP contribution in [0.3, 0.4) is 0 Å². The molecule has 2 fully saturated rings. The molecule has 0 spiro atoms. The molecule has 2 heterocycles. The summed E-state index contributed by atoms with van der Waals surface area (Å²) in [5.74, 6) is 0.948. The molecule has 0 radical (unpaired) electrons. The number of methoxy groups -OCH3 is 1. The number of likely N-dealkylation sites (tertiary alicyclic amines) is 1. The number of rotatable bonds is 6. The maximum atomic E-state index is 12.5. The molecule has 0 aromatic heterocycles. The van der Waals surface area contributed by atoms with Gasteiger partial charge in [-0.2, -0.15) is 0 Å². The van der Waals surface area contributed by atoms with E-state index >= 15 is 0 Å². The van der Waals surface area contributed by atoms with Crippen LogP contribution in [-0.4, -0.2) is 59.3 Å². The molecule has 2 aliphatic rings. The minimum Gasteiger partial charge on any atom is -0.497 e.